The fraction of sp³-hybridized carbons (Fsp3) is 0. The molecule has 0 saturated heterocycles. The van der Waals surface area contributed by atoms with E-state index in [1.54, 1.807) is 6.07 Å². The number of ether oxygens (including phenoxy) is 1. The minimum atomic E-state index is -0.285. The first-order valence-corrected chi connectivity index (χ1v) is 8.86. The second-order valence-corrected chi connectivity index (χ2v) is 6.83. The first-order chi connectivity index (χ1) is 12.2. The van der Waals surface area contributed by atoms with E-state index in [2.05, 4.69) is 27.6 Å². The molecular weight excluding hydrogens is 428 g/mol. The van der Waals surface area contributed by atoms with Gasteiger partial charge in [-0.1, -0.05) is 24.3 Å². The van der Waals surface area contributed by atoms with Gasteiger partial charge < -0.3 is 4.74 Å². The smallest absolute Gasteiger partial charge is 0.138 e. The minimum Gasteiger partial charge on any atom is -0.457 e. The molecule has 4 heteroatoms. The van der Waals surface area contributed by atoms with Crippen LogP contribution >= 0.6 is 22.6 Å². The topological polar surface area (TPSA) is 22.1 Å². The van der Waals surface area contributed by atoms with Crippen LogP contribution in [0.5, 0.6) is 11.5 Å². The Morgan fingerprint density at radius 1 is 0.840 bits per heavy atom. The molecule has 1 aromatic heterocycles. The van der Waals surface area contributed by atoms with E-state index in [0.717, 1.165) is 25.8 Å². The third-order valence-electron chi connectivity index (χ3n) is 3.84. The van der Waals surface area contributed by atoms with E-state index >= 15 is 0 Å². The van der Waals surface area contributed by atoms with Crippen LogP contribution in [0, 0.1) is 9.39 Å². The highest BCUT2D eigenvalue weighted by Gasteiger charge is 2.10. The van der Waals surface area contributed by atoms with Crippen molar-refractivity contribution in [1.82, 2.24) is 4.98 Å². The standard InChI is InChI=1S/C21H13FINO/c22-15-5-3-4-14(12-15)20-13-21(18-6-1-2-7-19(18)24-20)25-17-10-8-16(23)9-11-17/h1-13H. The van der Waals surface area contributed by atoms with Crippen LogP contribution in [0.25, 0.3) is 22.2 Å². The summed E-state index contributed by atoms with van der Waals surface area (Å²) in [6.45, 7) is 0. The largest absolute Gasteiger partial charge is 0.457 e. The van der Waals surface area contributed by atoms with Crippen molar-refractivity contribution in [2.45, 2.75) is 0 Å². The van der Waals surface area contributed by atoms with Crippen molar-refractivity contribution in [2.75, 3.05) is 0 Å². The van der Waals surface area contributed by atoms with Gasteiger partial charge in [0.05, 0.1) is 11.2 Å². The Kier molecular flexibility index (Phi) is 4.36. The normalized spacial score (nSPS) is 10.8. The van der Waals surface area contributed by atoms with Gasteiger partial charge in [-0.3, -0.25) is 0 Å². The predicted octanol–water partition coefficient (Wildman–Crippen LogP) is 6.44. The molecule has 0 fully saturated rings. The molecule has 0 saturated carbocycles. The number of nitrogens with zero attached hydrogens (tertiary/aromatic N) is 1. The van der Waals surface area contributed by atoms with Gasteiger partial charge in [-0.15, -0.1) is 0 Å². The summed E-state index contributed by atoms with van der Waals surface area (Å²) in [6, 6.07) is 23.9. The molecule has 0 N–H and O–H groups in total. The van der Waals surface area contributed by atoms with Crippen LogP contribution in [0.4, 0.5) is 4.39 Å². The van der Waals surface area contributed by atoms with E-state index in [1.807, 2.05) is 60.7 Å². The average Bonchev–Trinajstić information content (AvgIpc) is 2.63. The SMILES string of the molecule is Fc1cccc(-c2cc(Oc3ccc(I)cc3)c3ccccc3n2)c1. The molecule has 0 amide bonds. The summed E-state index contributed by atoms with van der Waals surface area (Å²) in [5.74, 6) is 1.17. The molecule has 25 heavy (non-hydrogen) atoms. The van der Waals surface area contributed by atoms with Gasteiger partial charge in [0, 0.05) is 20.6 Å². The highest BCUT2D eigenvalue weighted by atomic mass is 127. The Morgan fingerprint density at radius 2 is 1.64 bits per heavy atom. The third kappa shape index (κ3) is 3.49. The highest BCUT2D eigenvalue weighted by molar-refractivity contribution is 14.1. The summed E-state index contributed by atoms with van der Waals surface area (Å²) in [4.78, 5) is 4.66. The lowest BCUT2D eigenvalue weighted by molar-refractivity contribution is 0.488. The van der Waals surface area contributed by atoms with E-state index in [0.29, 0.717) is 11.4 Å². The lowest BCUT2D eigenvalue weighted by Crippen LogP contribution is -1.92. The van der Waals surface area contributed by atoms with Gasteiger partial charge in [0.2, 0.25) is 0 Å². The Balaban J connectivity index is 1.85. The van der Waals surface area contributed by atoms with Gasteiger partial charge in [-0.25, -0.2) is 9.37 Å². The lowest BCUT2D eigenvalue weighted by Gasteiger charge is -2.11. The number of hydrogen-bond donors (Lipinski definition) is 0. The number of rotatable bonds is 3. The van der Waals surface area contributed by atoms with Crippen molar-refractivity contribution < 1.29 is 9.13 Å². The Morgan fingerprint density at radius 3 is 2.44 bits per heavy atom. The molecule has 2 nitrogen and oxygen atoms in total. The van der Waals surface area contributed by atoms with Gasteiger partial charge in [-0.2, -0.15) is 0 Å². The summed E-state index contributed by atoms with van der Waals surface area (Å²) in [5, 5.41) is 0.918. The van der Waals surface area contributed by atoms with Crippen LogP contribution in [-0.2, 0) is 0 Å². The molecule has 0 unspecified atom stereocenters. The van der Waals surface area contributed by atoms with E-state index in [9.17, 15) is 4.39 Å². The van der Waals surface area contributed by atoms with E-state index in [1.165, 1.54) is 12.1 Å². The monoisotopic (exact) mass is 441 g/mol. The molecule has 0 aliphatic heterocycles. The fourth-order valence-corrected chi connectivity index (χ4v) is 3.01. The molecule has 3 aromatic carbocycles. The molecule has 4 rings (SSSR count). The quantitative estimate of drug-likeness (QED) is 0.342. The maximum atomic E-state index is 13.6. The molecule has 122 valence electrons. The fourth-order valence-electron chi connectivity index (χ4n) is 2.65. The van der Waals surface area contributed by atoms with Gasteiger partial charge in [0.25, 0.3) is 0 Å². The maximum Gasteiger partial charge on any atom is 0.138 e. The second-order valence-electron chi connectivity index (χ2n) is 5.59. The zero-order valence-corrected chi connectivity index (χ0v) is 15.3. The van der Waals surface area contributed by atoms with Gasteiger partial charge >= 0.3 is 0 Å². The van der Waals surface area contributed by atoms with Crippen LogP contribution in [0.15, 0.2) is 78.9 Å². The lowest BCUT2D eigenvalue weighted by atomic mass is 10.1. The second kappa shape index (κ2) is 6.80. The summed E-state index contributed by atoms with van der Waals surface area (Å²) in [5.41, 5.74) is 2.21. The zero-order chi connectivity index (χ0) is 17.2. The molecule has 4 aromatic rings. The summed E-state index contributed by atoms with van der Waals surface area (Å²) >= 11 is 2.26. The number of halogens is 2. The molecule has 0 radical (unpaired) electrons. The average molecular weight is 441 g/mol. The summed E-state index contributed by atoms with van der Waals surface area (Å²) in [7, 11) is 0. The van der Waals surface area contributed by atoms with Crippen molar-refractivity contribution in [3.05, 3.63) is 88.3 Å². The van der Waals surface area contributed by atoms with E-state index in [-0.39, 0.29) is 5.82 Å². The van der Waals surface area contributed by atoms with Crippen LogP contribution in [0.2, 0.25) is 0 Å². The number of para-hydroxylation sites is 1. The third-order valence-corrected chi connectivity index (χ3v) is 4.56. The number of fused-ring (bicyclic) bond motifs is 1. The molecular formula is C21H13FINO. The molecule has 0 spiro atoms. The Labute approximate surface area is 158 Å². The maximum absolute atomic E-state index is 13.6. The highest BCUT2D eigenvalue weighted by Crippen LogP contribution is 2.33. The summed E-state index contributed by atoms with van der Waals surface area (Å²) in [6.07, 6.45) is 0. The molecule has 0 bridgehead atoms. The van der Waals surface area contributed by atoms with Gasteiger partial charge in [0.15, 0.2) is 0 Å². The first-order valence-electron chi connectivity index (χ1n) is 7.78. The number of hydrogen-bond acceptors (Lipinski definition) is 2. The van der Waals surface area contributed by atoms with Crippen LogP contribution in [-0.4, -0.2) is 4.98 Å². The van der Waals surface area contributed by atoms with Gasteiger partial charge in [-0.05, 0) is 71.1 Å². The first kappa shape index (κ1) is 16.0. The minimum absolute atomic E-state index is 0.285. The zero-order valence-electron chi connectivity index (χ0n) is 13.1. The molecule has 1 heterocycles. The van der Waals surface area contributed by atoms with Crippen LogP contribution in [0.3, 0.4) is 0 Å². The molecule has 0 aliphatic carbocycles. The van der Waals surface area contributed by atoms with Crippen molar-refractivity contribution in [3.8, 4) is 22.8 Å². The van der Waals surface area contributed by atoms with Gasteiger partial charge in [0.1, 0.15) is 17.3 Å². The van der Waals surface area contributed by atoms with Crippen molar-refractivity contribution in [3.63, 3.8) is 0 Å². The van der Waals surface area contributed by atoms with Crippen molar-refractivity contribution in [2.24, 2.45) is 0 Å². The Hall–Kier alpha value is -2.47. The van der Waals surface area contributed by atoms with Crippen LogP contribution < -0.4 is 4.74 Å². The molecule has 0 atom stereocenters. The number of benzene rings is 3. The van der Waals surface area contributed by atoms with E-state index in [4.69, 9.17) is 4.74 Å². The summed E-state index contributed by atoms with van der Waals surface area (Å²) < 4.78 is 20.8. The number of aromatic nitrogens is 1. The number of pyridine rings is 1. The van der Waals surface area contributed by atoms with E-state index < -0.39 is 0 Å². The van der Waals surface area contributed by atoms with Crippen molar-refractivity contribution in [1.29, 1.82) is 0 Å². The van der Waals surface area contributed by atoms with Crippen LogP contribution in [0.1, 0.15) is 0 Å². The predicted molar refractivity (Wildman–Crippen MR) is 106 cm³/mol. The molecule has 0 aliphatic rings. The van der Waals surface area contributed by atoms with Crippen molar-refractivity contribution >= 4 is 33.5 Å². The Bertz CT molecular complexity index is 1050.